The molecule has 146 valence electrons. The summed E-state index contributed by atoms with van der Waals surface area (Å²) in [6.45, 7) is 0.328. The zero-order valence-electron chi connectivity index (χ0n) is 15.3. The van der Waals surface area contributed by atoms with Crippen LogP contribution in [0.15, 0.2) is 77.3 Å². The van der Waals surface area contributed by atoms with Crippen molar-refractivity contribution in [3.63, 3.8) is 0 Å². The molecule has 0 saturated carbocycles. The first-order chi connectivity index (χ1) is 13.9. The Morgan fingerprint density at radius 1 is 1.03 bits per heavy atom. The van der Waals surface area contributed by atoms with Gasteiger partial charge in [0.25, 0.3) is 5.91 Å². The fourth-order valence-corrected chi connectivity index (χ4v) is 4.31. The number of rotatable bonds is 5. The zero-order chi connectivity index (χ0) is 20.6. The highest BCUT2D eigenvalue weighted by molar-refractivity contribution is 14.1. The van der Waals surface area contributed by atoms with Gasteiger partial charge in [-0.1, -0.05) is 58.4 Å². The molecule has 4 nitrogen and oxygen atoms in total. The van der Waals surface area contributed by atoms with E-state index in [2.05, 4.69) is 38.5 Å². The van der Waals surface area contributed by atoms with Gasteiger partial charge < -0.3 is 10.0 Å². The van der Waals surface area contributed by atoms with Gasteiger partial charge in [0.2, 0.25) is 0 Å². The third-order valence-corrected chi connectivity index (χ3v) is 6.27. The molecule has 0 unspecified atom stereocenters. The lowest BCUT2D eigenvalue weighted by Gasteiger charge is -2.23. The predicted octanol–water partition coefficient (Wildman–Crippen LogP) is 5.06. The minimum Gasteiger partial charge on any atom is -0.375 e. The number of amides is 1. The number of carbonyl (C=O) groups is 2. The summed E-state index contributed by atoms with van der Waals surface area (Å²) in [5, 5.41) is 11.4. The predicted molar refractivity (Wildman–Crippen MR) is 124 cm³/mol. The molecule has 0 spiro atoms. The summed E-state index contributed by atoms with van der Waals surface area (Å²) in [6, 6.07) is 22.0. The number of anilines is 1. The van der Waals surface area contributed by atoms with E-state index in [1.807, 2.05) is 48.5 Å². The van der Waals surface area contributed by atoms with Crippen LogP contribution in [0.4, 0.5) is 5.69 Å². The summed E-state index contributed by atoms with van der Waals surface area (Å²) in [5.74, 6) is -0.752. The molecule has 6 heteroatoms. The van der Waals surface area contributed by atoms with Crippen molar-refractivity contribution < 1.29 is 14.7 Å². The normalized spacial score (nSPS) is 18.0. The highest BCUT2D eigenvalue weighted by Crippen LogP contribution is 2.44. The molecular formula is C23H17BrINO3. The van der Waals surface area contributed by atoms with Crippen LogP contribution in [0.2, 0.25) is 0 Å². The van der Waals surface area contributed by atoms with Crippen molar-refractivity contribution in [3.8, 4) is 0 Å². The van der Waals surface area contributed by atoms with Crippen molar-refractivity contribution in [3.05, 3.63) is 97.5 Å². The monoisotopic (exact) mass is 561 g/mol. The van der Waals surface area contributed by atoms with Gasteiger partial charge in [0.15, 0.2) is 11.4 Å². The first kappa shape index (κ1) is 20.3. The molecule has 0 aliphatic carbocycles. The van der Waals surface area contributed by atoms with E-state index in [-0.39, 0.29) is 12.2 Å². The molecular weight excluding hydrogens is 545 g/mol. The van der Waals surface area contributed by atoms with E-state index < -0.39 is 11.5 Å². The van der Waals surface area contributed by atoms with Crippen LogP contribution in [0, 0.1) is 3.57 Å². The Morgan fingerprint density at radius 3 is 2.41 bits per heavy atom. The maximum atomic E-state index is 13.3. The van der Waals surface area contributed by atoms with Crippen LogP contribution in [0.25, 0.3) is 0 Å². The average molecular weight is 562 g/mol. The molecule has 1 heterocycles. The summed E-state index contributed by atoms with van der Waals surface area (Å²) in [4.78, 5) is 27.8. The van der Waals surface area contributed by atoms with E-state index in [0.29, 0.717) is 23.4 Å². The van der Waals surface area contributed by atoms with Gasteiger partial charge >= 0.3 is 0 Å². The topological polar surface area (TPSA) is 57.6 Å². The number of aliphatic hydroxyl groups is 1. The third-order valence-electron chi connectivity index (χ3n) is 5.06. The van der Waals surface area contributed by atoms with Crippen molar-refractivity contribution in [2.45, 2.75) is 18.6 Å². The maximum absolute atomic E-state index is 13.3. The van der Waals surface area contributed by atoms with E-state index in [1.54, 1.807) is 29.2 Å². The SMILES string of the molecule is O=C(C[C@]1(O)C(=O)N(Cc2ccccc2)c2ccc(Br)cc21)c1ccc(I)cc1. The lowest BCUT2D eigenvalue weighted by atomic mass is 9.88. The standard InChI is InChI=1S/C23H17BrINO3/c24-17-8-11-20-19(12-17)23(29,13-21(27)16-6-9-18(25)10-7-16)22(28)26(20)14-15-4-2-1-3-5-15/h1-12,29H,13-14H2/t23-/m1/s1. The quantitative estimate of drug-likeness (QED) is 0.350. The van der Waals surface area contributed by atoms with E-state index in [1.165, 1.54) is 0 Å². The fourth-order valence-electron chi connectivity index (χ4n) is 3.59. The van der Waals surface area contributed by atoms with E-state index in [0.717, 1.165) is 13.6 Å². The molecule has 1 N–H and O–H groups in total. The molecule has 1 atom stereocenters. The molecule has 0 radical (unpaired) electrons. The summed E-state index contributed by atoms with van der Waals surface area (Å²) in [5.41, 5.74) is 0.604. The second-order valence-electron chi connectivity index (χ2n) is 7.01. The lowest BCUT2D eigenvalue weighted by Crippen LogP contribution is -2.41. The molecule has 4 rings (SSSR count). The van der Waals surface area contributed by atoms with Crippen LogP contribution >= 0.6 is 38.5 Å². The fraction of sp³-hybridized carbons (Fsp3) is 0.130. The van der Waals surface area contributed by atoms with Gasteiger partial charge in [-0.05, 0) is 58.5 Å². The number of nitrogens with zero attached hydrogens (tertiary/aromatic N) is 1. The molecule has 0 fully saturated rings. The summed E-state index contributed by atoms with van der Waals surface area (Å²) in [7, 11) is 0. The van der Waals surface area contributed by atoms with Gasteiger partial charge in [0.05, 0.1) is 18.7 Å². The van der Waals surface area contributed by atoms with E-state index in [9.17, 15) is 14.7 Å². The number of carbonyl (C=O) groups excluding carboxylic acids is 2. The van der Waals surface area contributed by atoms with Gasteiger partial charge in [0, 0.05) is 19.2 Å². The van der Waals surface area contributed by atoms with Gasteiger partial charge in [-0.15, -0.1) is 0 Å². The van der Waals surface area contributed by atoms with Crippen LogP contribution in [-0.2, 0) is 16.9 Å². The van der Waals surface area contributed by atoms with Gasteiger partial charge in [-0.25, -0.2) is 0 Å². The van der Waals surface area contributed by atoms with Crippen molar-refractivity contribution >= 4 is 55.9 Å². The smallest absolute Gasteiger partial charge is 0.264 e. The second-order valence-corrected chi connectivity index (χ2v) is 9.17. The summed E-state index contributed by atoms with van der Waals surface area (Å²) >= 11 is 5.58. The van der Waals surface area contributed by atoms with Crippen LogP contribution in [0.5, 0.6) is 0 Å². The van der Waals surface area contributed by atoms with Crippen molar-refractivity contribution in [2.24, 2.45) is 0 Å². The van der Waals surface area contributed by atoms with Crippen LogP contribution in [0.3, 0.4) is 0 Å². The number of fused-ring (bicyclic) bond motifs is 1. The molecule has 1 aliphatic rings. The highest BCUT2D eigenvalue weighted by Gasteiger charge is 2.51. The zero-order valence-corrected chi connectivity index (χ0v) is 19.1. The largest absolute Gasteiger partial charge is 0.375 e. The van der Waals surface area contributed by atoms with Crippen molar-refractivity contribution in [1.29, 1.82) is 0 Å². The Kier molecular flexibility index (Phi) is 5.59. The number of hydrogen-bond acceptors (Lipinski definition) is 3. The van der Waals surface area contributed by atoms with Gasteiger partial charge in [-0.2, -0.15) is 0 Å². The van der Waals surface area contributed by atoms with E-state index in [4.69, 9.17) is 0 Å². The Bertz CT molecular complexity index is 1090. The van der Waals surface area contributed by atoms with Gasteiger partial charge in [0.1, 0.15) is 0 Å². The molecule has 0 saturated heterocycles. The number of hydrogen-bond donors (Lipinski definition) is 1. The van der Waals surface area contributed by atoms with Gasteiger partial charge in [-0.3, -0.25) is 9.59 Å². The number of benzene rings is 3. The summed E-state index contributed by atoms with van der Waals surface area (Å²) < 4.78 is 1.75. The Morgan fingerprint density at radius 2 is 1.72 bits per heavy atom. The molecule has 3 aromatic rings. The highest BCUT2D eigenvalue weighted by atomic mass is 127. The van der Waals surface area contributed by atoms with Crippen molar-refractivity contribution in [2.75, 3.05) is 4.90 Å². The Labute approximate surface area is 190 Å². The molecule has 29 heavy (non-hydrogen) atoms. The minimum atomic E-state index is -1.89. The molecule has 1 amide bonds. The lowest BCUT2D eigenvalue weighted by molar-refractivity contribution is -0.136. The molecule has 1 aliphatic heterocycles. The molecule has 0 bridgehead atoms. The number of ketones is 1. The van der Waals surface area contributed by atoms with Crippen molar-refractivity contribution in [1.82, 2.24) is 0 Å². The Hall–Kier alpha value is -2.03. The second kappa shape index (κ2) is 8.01. The average Bonchev–Trinajstić information content (AvgIpc) is 2.91. The van der Waals surface area contributed by atoms with E-state index >= 15 is 0 Å². The van der Waals surface area contributed by atoms with Crippen LogP contribution in [0.1, 0.15) is 27.9 Å². The number of Topliss-reactive ketones (excluding diaryl/α,β-unsaturated/α-hetero) is 1. The minimum absolute atomic E-state index is 0.273. The molecule has 0 aromatic heterocycles. The molecule has 3 aromatic carbocycles. The third kappa shape index (κ3) is 3.89. The Balaban J connectivity index is 1.71. The van der Waals surface area contributed by atoms with Crippen LogP contribution in [-0.4, -0.2) is 16.8 Å². The van der Waals surface area contributed by atoms with Crippen LogP contribution < -0.4 is 4.90 Å². The number of halogens is 2. The summed E-state index contributed by atoms with van der Waals surface area (Å²) in [6.07, 6.45) is -0.304. The first-order valence-corrected chi connectivity index (χ1v) is 10.9. The maximum Gasteiger partial charge on any atom is 0.264 e. The first-order valence-electron chi connectivity index (χ1n) is 9.05.